The van der Waals surface area contributed by atoms with E-state index in [0.29, 0.717) is 6.61 Å². The van der Waals surface area contributed by atoms with Crippen LogP contribution in [0.2, 0.25) is 0 Å². The van der Waals surface area contributed by atoms with Crippen molar-refractivity contribution in [3.05, 3.63) is 30.3 Å². The molecule has 0 saturated heterocycles. The van der Waals surface area contributed by atoms with Gasteiger partial charge in [0.05, 0.1) is 12.5 Å². The fourth-order valence-corrected chi connectivity index (χ4v) is 2.01. The van der Waals surface area contributed by atoms with Gasteiger partial charge in [-0.3, -0.25) is 0 Å². The zero-order valence-electron chi connectivity index (χ0n) is 8.64. The number of hydrogen-bond acceptors (Lipinski definition) is 2. The zero-order chi connectivity index (χ0) is 10.4. The molecule has 0 saturated carbocycles. The van der Waals surface area contributed by atoms with Crippen LogP contribution in [0, 0.1) is 0 Å². The van der Waals surface area contributed by atoms with Crippen molar-refractivity contribution in [2.45, 2.75) is 6.10 Å². The molecule has 0 aromatic heterocycles. The molecule has 1 atom stereocenters. The lowest BCUT2D eigenvalue weighted by atomic mass is 10.3. The van der Waals surface area contributed by atoms with Gasteiger partial charge >= 0.3 is 0 Å². The quantitative estimate of drug-likeness (QED) is 0.747. The molecule has 3 heteroatoms. The summed E-state index contributed by atoms with van der Waals surface area (Å²) in [5.74, 6) is 1.63. The summed E-state index contributed by atoms with van der Waals surface area (Å²) < 4.78 is 5.42. The second-order valence-electron chi connectivity index (χ2n) is 3.43. The molecular weight excluding hydrogens is 196 g/mol. The predicted octanol–water partition coefficient (Wildman–Crippen LogP) is 1.30. The first-order chi connectivity index (χ1) is 6.68. The largest absolute Gasteiger partial charge is 0.491 e. The molecule has 0 bridgehead atoms. The molecule has 1 aromatic carbocycles. The predicted molar refractivity (Wildman–Crippen MR) is 62.0 cm³/mol. The summed E-state index contributed by atoms with van der Waals surface area (Å²) in [7, 11) is 0.266. The zero-order valence-corrected chi connectivity index (χ0v) is 9.46. The van der Waals surface area contributed by atoms with E-state index in [4.69, 9.17) is 4.74 Å². The summed E-state index contributed by atoms with van der Waals surface area (Å²) >= 11 is 0. The van der Waals surface area contributed by atoms with Gasteiger partial charge in [-0.05, 0) is 23.0 Å². The highest BCUT2D eigenvalue weighted by Crippen LogP contribution is 2.08. The number of rotatable bonds is 5. The molecule has 0 heterocycles. The molecule has 1 rings (SSSR count). The minimum absolute atomic E-state index is 0.266. The Bertz CT molecular complexity index is 249. The van der Waals surface area contributed by atoms with E-state index in [2.05, 4.69) is 12.5 Å². The second kappa shape index (κ2) is 5.94. The van der Waals surface area contributed by atoms with E-state index in [1.165, 1.54) is 0 Å². The van der Waals surface area contributed by atoms with Crippen molar-refractivity contribution in [2.24, 2.45) is 0 Å². The second-order valence-corrected chi connectivity index (χ2v) is 5.73. The van der Waals surface area contributed by atoms with Crippen LogP contribution in [-0.2, 0) is 10.9 Å². The summed E-state index contributed by atoms with van der Waals surface area (Å²) in [6.07, 6.45) is 3.88. The van der Waals surface area contributed by atoms with Crippen molar-refractivity contribution in [1.82, 2.24) is 0 Å². The minimum Gasteiger partial charge on any atom is -0.491 e. The lowest BCUT2D eigenvalue weighted by Crippen LogP contribution is -2.25. The molecule has 0 radical (unpaired) electrons. The van der Waals surface area contributed by atoms with E-state index in [1.807, 2.05) is 30.3 Å². The van der Waals surface area contributed by atoms with Gasteiger partial charge in [-0.25, -0.2) is 0 Å². The fourth-order valence-electron chi connectivity index (χ4n) is 1.14. The van der Waals surface area contributed by atoms with Crippen LogP contribution in [0.25, 0.3) is 0 Å². The van der Waals surface area contributed by atoms with Gasteiger partial charge in [0.2, 0.25) is 0 Å². The van der Waals surface area contributed by atoms with Gasteiger partial charge in [0.15, 0.2) is 0 Å². The molecule has 0 spiro atoms. The SMILES string of the molecule is C[S+](C)CC(O)COc1ccccc1. The molecule has 1 aromatic rings. The van der Waals surface area contributed by atoms with Gasteiger partial charge in [-0.1, -0.05) is 18.2 Å². The maximum Gasteiger partial charge on any atom is 0.136 e. The standard InChI is InChI=1S/C11H17O2S/c1-14(2)9-10(12)8-13-11-6-4-3-5-7-11/h3-7,10,12H,8-9H2,1-2H3/q+1. The Balaban J connectivity index is 2.27. The highest BCUT2D eigenvalue weighted by atomic mass is 32.2. The Morgan fingerprint density at radius 1 is 1.29 bits per heavy atom. The van der Waals surface area contributed by atoms with Gasteiger partial charge in [-0.2, -0.15) is 0 Å². The Morgan fingerprint density at radius 2 is 1.93 bits per heavy atom. The summed E-state index contributed by atoms with van der Waals surface area (Å²) in [6, 6.07) is 9.57. The van der Waals surface area contributed by atoms with Crippen molar-refractivity contribution in [2.75, 3.05) is 24.9 Å². The van der Waals surface area contributed by atoms with E-state index in [0.717, 1.165) is 11.5 Å². The third kappa shape index (κ3) is 4.53. The molecule has 1 N–H and O–H groups in total. The average Bonchev–Trinajstić information content (AvgIpc) is 2.15. The first kappa shape index (κ1) is 11.4. The van der Waals surface area contributed by atoms with Crippen molar-refractivity contribution >= 4 is 10.9 Å². The summed E-state index contributed by atoms with van der Waals surface area (Å²) in [5, 5.41) is 9.56. The number of hydrogen-bond donors (Lipinski definition) is 1. The van der Waals surface area contributed by atoms with Crippen LogP contribution < -0.4 is 4.74 Å². The van der Waals surface area contributed by atoms with E-state index in [-0.39, 0.29) is 17.0 Å². The van der Waals surface area contributed by atoms with E-state index in [1.54, 1.807) is 0 Å². The fraction of sp³-hybridized carbons (Fsp3) is 0.455. The Kier molecular flexibility index (Phi) is 4.84. The molecule has 0 aliphatic rings. The molecule has 0 amide bonds. The lowest BCUT2D eigenvalue weighted by molar-refractivity contribution is 0.126. The normalized spacial score (nSPS) is 12.9. The smallest absolute Gasteiger partial charge is 0.136 e. The minimum atomic E-state index is -0.353. The van der Waals surface area contributed by atoms with Crippen LogP contribution >= 0.6 is 0 Å². The number of aliphatic hydroxyl groups excluding tert-OH is 1. The molecular formula is C11H17O2S+. The van der Waals surface area contributed by atoms with Gasteiger partial charge in [0.1, 0.15) is 24.2 Å². The summed E-state index contributed by atoms with van der Waals surface area (Å²) in [5.41, 5.74) is 0. The van der Waals surface area contributed by atoms with Gasteiger partial charge < -0.3 is 9.84 Å². The highest BCUT2D eigenvalue weighted by molar-refractivity contribution is 7.95. The van der Waals surface area contributed by atoms with Crippen molar-refractivity contribution in [1.29, 1.82) is 0 Å². The average molecular weight is 213 g/mol. The van der Waals surface area contributed by atoms with Crippen molar-refractivity contribution < 1.29 is 9.84 Å². The first-order valence-corrected chi connectivity index (χ1v) is 6.79. The van der Waals surface area contributed by atoms with E-state index in [9.17, 15) is 5.11 Å². The van der Waals surface area contributed by atoms with E-state index < -0.39 is 0 Å². The van der Waals surface area contributed by atoms with E-state index >= 15 is 0 Å². The maximum atomic E-state index is 9.56. The number of benzene rings is 1. The van der Waals surface area contributed by atoms with Crippen LogP contribution in [0.3, 0.4) is 0 Å². The molecule has 78 valence electrons. The van der Waals surface area contributed by atoms with Crippen molar-refractivity contribution in [3.8, 4) is 5.75 Å². The molecule has 0 aliphatic heterocycles. The molecule has 14 heavy (non-hydrogen) atoms. The van der Waals surface area contributed by atoms with Gasteiger partial charge in [0, 0.05) is 0 Å². The van der Waals surface area contributed by atoms with Gasteiger partial charge in [-0.15, -0.1) is 0 Å². The summed E-state index contributed by atoms with van der Waals surface area (Å²) in [4.78, 5) is 0. The van der Waals surface area contributed by atoms with Crippen molar-refractivity contribution in [3.63, 3.8) is 0 Å². The van der Waals surface area contributed by atoms with Crippen LogP contribution in [-0.4, -0.2) is 36.1 Å². The summed E-state index contributed by atoms with van der Waals surface area (Å²) in [6.45, 7) is 0.384. The van der Waals surface area contributed by atoms with Crippen LogP contribution in [0.4, 0.5) is 0 Å². The Labute approximate surface area is 88.3 Å². The maximum absolute atomic E-state index is 9.56. The number of ether oxygens (including phenoxy) is 1. The monoisotopic (exact) mass is 213 g/mol. The number of para-hydroxylation sites is 1. The molecule has 1 unspecified atom stereocenters. The van der Waals surface area contributed by atoms with Crippen LogP contribution in [0.15, 0.2) is 30.3 Å². The lowest BCUT2D eigenvalue weighted by Gasteiger charge is -2.10. The Hall–Kier alpha value is -0.670. The molecule has 2 nitrogen and oxygen atoms in total. The van der Waals surface area contributed by atoms with Gasteiger partial charge in [0.25, 0.3) is 0 Å². The third-order valence-corrected chi connectivity index (χ3v) is 2.76. The highest BCUT2D eigenvalue weighted by Gasteiger charge is 2.13. The number of aliphatic hydroxyl groups is 1. The Morgan fingerprint density at radius 3 is 2.50 bits per heavy atom. The third-order valence-electron chi connectivity index (χ3n) is 1.71. The first-order valence-electron chi connectivity index (χ1n) is 4.58. The van der Waals surface area contributed by atoms with Crippen LogP contribution in [0.1, 0.15) is 0 Å². The molecule has 0 aliphatic carbocycles. The topological polar surface area (TPSA) is 29.5 Å². The molecule has 0 fully saturated rings. The van der Waals surface area contributed by atoms with Crippen LogP contribution in [0.5, 0.6) is 5.75 Å².